The van der Waals surface area contributed by atoms with Crippen molar-refractivity contribution in [3.8, 4) is 5.75 Å². The van der Waals surface area contributed by atoms with Gasteiger partial charge in [-0.15, -0.1) is 0 Å². The number of rotatable bonds is 10. The summed E-state index contributed by atoms with van der Waals surface area (Å²) in [4.78, 5) is 12.7. The average Bonchev–Trinajstić information content (AvgIpc) is 2.68. The first-order chi connectivity index (χ1) is 13.8. The molecule has 0 aromatic heterocycles. The zero-order valence-electron chi connectivity index (χ0n) is 15.9. The summed E-state index contributed by atoms with van der Waals surface area (Å²) < 4.78 is 33.3. The first kappa shape index (κ1) is 23.8. The number of anilines is 1. The highest BCUT2D eigenvalue weighted by molar-refractivity contribution is 7.98. The first-order valence-electron chi connectivity index (χ1n) is 8.77. The van der Waals surface area contributed by atoms with Gasteiger partial charge >= 0.3 is 0 Å². The summed E-state index contributed by atoms with van der Waals surface area (Å²) in [6, 6.07) is 9.90. The van der Waals surface area contributed by atoms with E-state index < -0.39 is 22.0 Å². The van der Waals surface area contributed by atoms with E-state index in [-0.39, 0.29) is 14.9 Å². The SMILES string of the molecule is CCOc1ccc(NC(=O)[C@H](CCSC)NS(=O)(=O)c2ccc(Cl)c(Cl)c2)cc1. The molecular weight excluding hydrogens is 455 g/mol. The van der Waals surface area contributed by atoms with Gasteiger partial charge in [0.1, 0.15) is 11.8 Å². The average molecular weight is 477 g/mol. The fourth-order valence-electron chi connectivity index (χ4n) is 2.41. The van der Waals surface area contributed by atoms with Crippen LogP contribution in [0, 0.1) is 0 Å². The largest absolute Gasteiger partial charge is 0.494 e. The fraction of sp³-hybridized carbons (Fsp3) is 0.316. The number of carbonyl (C=O) groups is 1. The molecule has 1 amide bonds. The Kier molecular flexibility index (Phi) is 9.10. The molecule has 6 nitrogen and oxygen atoms in total. The highest BCUT2D eigenvalue weighted by Gasteiger charge is 2.26. The molecule has 2 aromatic rings. The molecule has 0 fully saturated rings. The number of hydrogen-bond donors (Lipinski definition) is 2. The van der Waals surface area contributed by atoms with Crippen LogP contribution in [0.1, 0.15) is 13.3 Å². The van der Waals surface area contributed by atoms with Crippen LogP contribution in [0.4, 0.5) is 5.69 Å². The van der Waals surface area contributed by atoms with Crippen molar-refractivity contribution in [1.82, 2.24) is 4.72 Å². The number of halogens is 2. The molecule has 2 aromatic carbocycles. The van der Waals surface area contributed by atoms with Gasteiger partial charge in [-0.3, -0.25) is 4.79 Å². The molecular formula is C19H22Cl2N2O4S2. The molecule has 0 aliphatic carbocycles. The maximum atomic E-state index is 12.7. The highest BCUT2D eigenvalue weighted by Crippen LogP contribution is 2.25. The highest BCUT2D eigenvalue weighted by atomic mass is 35.5. The number of nitrogens with one attached hydrogen (secondary N) is 2. The third-order valence-electron chi connectivity index (χ3n) is 3.86. The Morgan fingerprint density at radius 1 is 1.14 bits per heavy atom. The van der Waals surface area contributed by atoms with Crippen LogP contribution < -0.4 is 14.8 Å². The minimum Gasteiger partial charge on any atom is -0.494 e. The maximum absolute atomic E-state index is 12.7. The van der Waals surface area contributed by atoms with Crippen molar-refractivity contribution >= 4 is 56.6 Å². The van der Waals surface area contributed by atoms with Crippen LogP contribution in [0.15, 0.2) is 47.4 Å². The number of hydrogen-bond acceptors (Lipinski definition) is 5. The molecule has 0 heterocycles. The van der Waals surface area contributed by atoms with Gasteiger partial charge in [-0.2, -0.15) is 16.5 Å². The van der Waals surface area contributed by atoms with Crippen LogP contribution in [-0.2, 0) is 14.8 Å². The lowest BCUT2D eigenvalue weighted by Gasteiger charge is -2.18. The van der Waals surface area contributed by atoms with Gasteiger partial charge in [0.05, 0.1) is 21.5 Å². The molecule has 1 atom stereocenters. The lowest BCUT2D eigenvalue weighted by molar-refractivity contribution is -0.117. The zero-order valence-corrected chi connectivity index (χ0v) is 19.1. The van der Waals surface area contributed by atoms with E-state index in [4.69, 9.17) is 27.9 Å². The van der Waals surface area contributed by atoms with E-state index in [1.165, 1.54) is 30.0 Å². The van der Waals surface area contributed by atoms with Gasteiger partial charge in [0.25, 0.3) is 0 Å². The lowest BCUT2D eigenvalue weighted by Crippen LogP contribution is -2.44. The summed E-state index contributed by atoms with van der Waals surface area (Å²) in [5.74, 6) is 0.835. The monoisotopic (exact) mass is 476 g/mol. The molecule has 0 aliphatic heterocycles. The fourth-order valence-corrected chi connectivity index (χ4v) is 4.50. The van der Waals surface area contributed by atoms with Crippen LogP contribution in [0.3, 0.4) is 0 Å². The molecule has 0 spiro atoms. The van der Waals surface area contributed by atoms with Crippen molar-refractivity contribution in [2.45, 2.75) is 24.3 Å². The second kappa shape index (κ2) is 11.1. The van der Waals surface area contributed by atoms with Crippen molar-refractivity contribution in [3.63, 3.8) is 0 Å². The van der Waals surface area contributed by atoms with Crippen molar-refractivity contribution in [1.29, 1.82) is 0 Å². The van der Waals surface area contributed by atoms with Crippen LogP contribution in [0.25, 0.3) is 0 Å². The molecule has 0 unspecified atom stereocenters. The van der Waals surface area contributed by atoms with Crippen molar-refractivity contribution < 1.29 is 17.9 Å². The van der Waals surface area contributed by atoms with Crippen LogP contribution in [-0.4, -0.2) is 39.0 Å². The van der Waals surface area contributed by atoms with Gasteiger partial charge in [-0.1, -0.05) is 23.2 Å². The van der Waals surface area contributed by atoms with Crippen molar-refractivity contribution in [2.75, 3.05) is 23.9 Å². The minimum atomic E-state index is -3.96. The van der Waals surface area contributed by atoms with E-state index in [2.05, 4.69) is 10.0 Å². The molecule has 2 N–H and O–H groups in total. The Bertz CT molecular complexity index is 938. The summed E-state index contributed by atoms with van der Waals surface area (Å²) in [6.07, 6.45) is 2.21. The molecule has 0 saturated carbocycles. The molecule has 10 heteroatoms. The molecule has 2 rings (SSSR count). The number of thioether (sulfide) groups is 1. The van der Waals surface area contributed by atoms with Gasteiger partial charge in [0, 0.05) is 5.69 Å². The molecule has 158 valence electrons. The third-order valence-corrected chi connectivity index (χ3v) is 6.71. The molecule has 0 aliphatic rings. The normalized spacial score (nSPS) is 12.4. The Morgan fingerprint density at radius 3 is 2.41 bits per heavy atom. The van der Waals surface area contributed by atoms with Crippen molar-refractivity contribution in [2.24, 2.45) is 0 Å². The van der Waals surface area contributed by atoms with E-state index in [0.717, 1.165) is 0 Å². The van der Waals surface area contributed by atoms with Crippen LogP contribution in [0.2, 0.25) is 10.0 Å². The molecule has 29 heavy (non-hydrogen) atoms. The predicted octanol–water partition coefficient (Wildman–Crippen LogP) is 4.43. The Hall–Kier alpha value is -1.45. The van der Waals surface area contributed by atoms with Gasteiger partial charge in [-0.05, 0) is 67.8 Å². The van der Waals surface area contributed by atoms with E-state index in [1.807, 2.05) is 13.2 Å². The number of ether oxygens (including phenoxy) is 1. The predicted molar refractivity (Wildman–Crippen MR) is 120 cm³/mol. The second-order valence-electron chi connectivity index (χ2n) is 5.98. The van der Waals surface area contributed by atoms with Gasteiger partial charge < -0.3 is 10.1 Å². The van der Waals surface area contributed by atoms with Crippen molar-refractivity contribution in [3.05, 3.63) is 52.5 Å². The van der Waals surface area contributed by atoms with Gasteiger partial charge in [0.15, 0.2) is 0 Å². The maximum Gasteiger partial charge on any atom is 0.242 e. The topological polar surface area (TPSA) is 84.5 Å². The number of benzene rings is 2. The van der Waals surface area contributed by atoms with Gasteiger partial charge in [-0.25, -0.2) is 8.42 Å². The summed E-state index contributed by atoms with van der Waals surface area (Å²) >= 11 is 13.3. The Balaban J connectivity index is 2.16. The number of amides is 1. The molecule has 0 radical (unpaired) electrons. The summed E-state index contributed by atoms with van der Waals surface area (Å²) in [5, 5.41) is 3.10. The smallest absolute Gasteiger partial charge is 0.242 e. The number of sulfonamides is 1. The number of carbonyl (C=O) groups excluding carboxylic acids is 1. The molecule has 0 saturated heterocycles. The summed E-state index contributed by atoms with van der Waals surface area (Å²) in [5.41, 5.74) is 0.543. The van der Waals surface area contributed by atoms with E-state index in [9.17, 15) is 13.2 Å². The minimum absolute atomic E-state index is 0.0603. The first-order valence-corrected chi connectivity index (χ1v) is 12.4. The second-order valence-corrected chi connectivity index (χ2v) is 9.49. The lowest BCUT2D eigenvalue weighted by atomic mass is 10.2. The van der Waals surface area contributed by atoms with E-state index in [0.29, 0.717) is 30.2 Å². The standard InChI is InChI=1S/C19H22Cl2N2O4S2/c1-3-27-14-6-4-13(5-7-14)22-19(24)18(10-11-28-2)23-29(25,26)15-8-9-16(20)17(21)12-15/h4-9,12,18,23H,3,10-11H2,1-2H3,(H,22,24)/t18-/m0/s1. The zero-order chi connectivity index (χ0) is 21.4. The third kappa shape index (κ3) is 7.08. The van der Waals surface area contributed by atoms with E-state index in [1.54, 1.807) is 24.3 Å². The Labute approximate surface area is 185 Å². The Morgan fingerprint density at radius 2 is 1.83 bits per heavy atom. The van der Waals surface area contributed by atoms with Crippen LogP contribution >= 0.6 is 35.0 Å². The van der Waals surface area contributed by atoms with Gasteiger partial charge in [0.2, 0.25) is 15.9 Å². The van der Waals surface area contributed by atoms with Crippen LogP contribution in [0.5, 0.6) is 5.75 Å². The molecule has 0 bridgehead atoms. The summed E-state index contributed by atoms with van der Waals surface area (Å²) in [7, 11) is -3.96. The summed E-state index contributed by atoms with van der Waals surface area (Å²) in [6.45, 7) is 2.42. The van der Waals surface area contributed by atoms with E-state index >= 15 is 0 Å². The quantitative estimate of drug-likeness (QED) is 0.529.